The van der Waals surface area contributed by atoms with Crippen LogP contribution in [0.4, 0.5) is 27.3 Å². The van der Waals surface area contributed by atoms with Crippen LogP contribution in [0.25, 0.3) is 10.9 Å². The van der Waals surface area contributed by atoms with Gasteiger partial charge in [0.15, 0.2) is 5.82 Å². The Morgan fingerprint density at radius 3 is 2.47 bits per heavy atom. The molecule has 0 spiro atoms. The first-order chi connectivity index (χ1) is 31.0. The Morgan fingerprint density at radius 2 is 1.69 bits per heavy atom. The number of anilines is 4. The quantitative estimate of drug-likeness (QED) is 0.106. The average Bonchev–Trinajstić information content (AvgIpc) is 3.79. The Hall–Kier alpha value is -7.14. The van der Waals surface area contributed by atoms with E-state index in [1.165, 1.54) is 18.2 Å². The molecule has 3 fully saturated rings. The lowest BCUT2D eigenvalue weighted by atomic mass is 10.0. The predicted molar refractivity (Wildman–Crippen MR) is 237 cm³/mol. The number of ether oxygens (including phenoxy) is 1. The molecule has 9 rings (SSSR count). The van der Waals surface area contributed by atoms with Crippen LogP contribution in [-0.2, 0) is 25.5 Å². The Labute approximate surface area is 367 Å². The summed E-state index contributed by atoms with van der Waals surface area (Å²) < 4.78 is 19.7. The molecule has 0 saturated carbocycles. The molecular weight excluding hydrogens is 822 g/mol. The van der Waals surface area contributed by atoms with Gasteiger partial charge in [0.2, 0.25) is 17.7 Å². The van der Waals surface area contributed by atoms with Crippen molar-refractivity contribution in [1.82, 2.24) is 25.3 Å². The lowest BCUT2D eigenvalue weighted by Gasteiger charge is -2.36. The van der Waals surface area contributed by atoms with Crippen LogP contribution < -0.4 is 26.2 Å². The normalized spacial score (nSPS) is 18.0. The number of carbonyl (C=O) groups is 6. The number of carbonyl (C=O) groups excluding carboxylic acids is 6. The summed E-state index contributed by atoms with van der Waals surface area (Å²) in [5.74, 6) is -2.61. The van der Waals surface area contributed by atoms with Crippen LogP contribution in [0.2, 0.25) is 0 Å². The van der Waals surface area contributed by atoms with Crippen LogP contribution in [0, 0.1) is 12.7 Å². The fraction of sp³-hybridized carbons (Fsp3) is 0.340. The lowest BCUT2D eigenvalue weighted by molar-refractivity contribution is -0.136. The van der Waals surface area contributed by atoms with Crippen molar-refractivity contribution in [3.05, 3.63) is 112 Å². The highest BCUT2D eigenvalue weighted by molar-refractivity contribution is 6.25. The number of aromatic nitrogens is 2. The highest BCUT2D eigenvalue weighted by atomic mass is 19.1. The first kappa shape index (κ1) is 42.2. The topological polar surface area (TPSA) is 198 Å². The van der Waals surface area contributed by atoms with Crippen molar-refractivity contribution >= 4 is 69.2 Å². The Morgan fingerprint density at radius 1 is 0.875 bits per heavy atom. The summed E-state index contributed by atoms with van der Waals surface area (Å²) >= 11 is 0. The fourth-order valence-electron chi connectivity index (χ4n) is 9.04. The number of fused-ring (bicyclic) bond motifs is 2. The smallest absolute Gasteiger partial charge is 0.264 e. The van der Waals surface area contributed by atoms with Gasteiger partial charge in [0, 0.05) is 87.3 Å². The van der Waals surface area contributed by atoms with E-state index >= 15 is 0 Å². The second kappa shape index (κ2) is 17.9. The Kier molecular flexibility index (Phi) is 11.8. The van der Waals surface area contributed by atoms with Crippen LogP contribution in [0.5, 0.6) is 0 Å². The molecule has 0 radical (unpaired) electrons. The minimum absolute atomic E-state index is 0.0283. The predicted octanol–water partition coefficient (Wildman–Crippen LogP) is 5.00. The summed E-state index contributed by atoms with van der Waals surface area (Å²) in [6.07, 6.45) is 2.34. The van der Waals surface area contributed by atoms with Gasteiger partial charge >= 0.3 is 0 Å². The molecule has 4 aliphatic heterocycles. The van der Waals surface area contributed by atoms with Gasteiger partial charge in [0.1, 0.15) is 11.9 Å². The third-order valence-electron chi connectivity index (χ3n) is 12.3. The van der Waals surface area contributed by atoms with Gasteiger partial charge < -0.3 is 30.5 Å². The van der Waals surface area contributed by atoms with Gasteiger partial charge in [-0.2, -0.15) is 5.10 Å². The molecule has 4 aliphatic rings. The molecular formula is C47H48FN9O7. The minimum atomic E-state index is -1.07. The van der Waals surface area contributed by atoms with Crippen LogP contribution in [0.3, 0.4) is 0 Å². The second-order valence-electron chi connectivity index (χ2n) is 16.7. The zero-order valence-corrected chi connectivity index (χ0v) is 35.3. The van der Waals surface area contributed by atoms with Gasteiger partial charge in [-0.15, -0.1) is 0 Å². The van der Waals surface area contributed by atoms with Crippen molar-refractivity contribution in [2.24, 2.45) is 0 Å². The summed E-state index contributed by atoms with van der Waals surface area (Å²) in [6, 6.07) is 20.4. The molecule has 0 aliphatic carbocycles. The van der Waals surface area contributed by atoms with Crippen molar-refractivity contribution in [3.63, 3.8) is 0 Å². The highest BCUT2D eigenvalue weighted by Gasteiger charge is 2.45. The van der Waals surface area contributed by atoms with E-state index in [2.05, 4.69) is 36.4 Å². The molecule has 5 N–H and O–H groups in total. The Bertz CT molecular complexity index is 2670. The number of aromatic amines is 1. The highest BCUT2D eigenvalue weighted by Crippen LogP contribution is 2.33. The monoisotopic (exact) mass is 869 g/mol. The van der Waals surface area contributed by atoms with Crippen LogP contribution in [-0.4, -0.2) is 113 Å². The van der Waals surface area contributed by atoms with E-state index in [4.69, 9.17) is 4.74 Å². The standard InChI is InChI=1S/C47H48FN9O7/c1-27-21-29(24-30(48)22-27)23-28-5-8-36-35(25-28)43(54-53-36)52-44(60)33-7-6-32(26-38(33)50-31-12-19-64-20-13-31)55-15-17-56(18-16-55)41(59)11-14-49-37-4-2-3-34-42(37)47(63)57(46(34)62)39-9-10-40(58)51-45(39)61/h2-8,21-22,24-26,31,39,49-50H,9-20,23H2,1H3,(H,51,58,61)(H2,52,53,54,60). The van der Waals surface area contributed by atoms with Gasteiger partial charge in [-0.25, -0.2) is 4.39 Å². The number of amides is 6. The van der Waals surface area contributed by atoms with Crippen molar-refractivity contribution in [3.8, 4) is 0 Å². The van der Waals surface area contributed by atoms with Crippen LogP contribution in [0.15, 0.2) is 72.8 Å². The number of rotatable bonds is 12. The first-order valence-electron chi connectivity index (χ1n) is 21.6. The van der Waals surface area contributed by atoms with E-state index in [1.54, 1.807) is 17.0 Å². The summed E-state index contributed by atoms with van der Waals surface area (Å²) in [7, 11) is 0. The minimum Gasteiger partial charge on any atom is -0.384 e. The Balaban J connectivity index is 0.833. The molecule has 5 heterocycles. The van der Waals surface area contributed by atoms with Gasteiger partial charge in [-0.1, -0.05) is 18.2 Å². The molecule has 17 heteroatoms. The number of halogens is 1. The first-order valence-corrected chi connectivity index (χ1v) is 21.6. The van der Waals surface area contributed by atoms with Gasteiger partial charge in [0.25, 0.3) is 17.7 Å². The summed E-state index contributed by atoms with van der Waals surface area (Å²) in [4.78, 5) is 83.3. The second-order valence-corrected chi connectivity index (χ2v) is 16.7. The van der Waals surface area contributed by atoms with Crippen LogP contribution in [0.1, 0.15) is 79.9 Å². The molecule has 1 unspecified atom stereocenters. The van der Waals surface area contributed by atoms with Crippen molar-refractivity contribution < 1.29 is 37.9 Å². The number of hydrogen-bond acceptors (Lipinski definition) is 11. The van der Waals surface area contributed by atoms with E-state index in [0.29, 0.717) is 68.6 Å². The van der Waals surface area contributed by atoms with Gasteiger partial charge in [-0.05, 0) is 104 Å². The van der Waals surface area contributed by atoms with E-state index in [0.717, 1.165) is 51.0 Å². The molecule has 1 atom stereocenters. The zero-order chi connectivity index (χ0) is 44.5. The largest absolute Gasteiger partial charge is 0.384 e. The number of benzene rings is 4. The van der Waals surface area contributed by atoms with Crippen molar-refractivity contribution in [2.75, 3.05) is 66.8 Å². The molecule has 5 aromatic rings. The van der Waals surface area contributed by atoms with E-state index in [9.17, 15) is 33.2 Å². The molecule has 16 nitrogen and oxygen atoms in total. The zero-order valence-electron chi connectivity index (χ0n) is 35.3. The number of hydrogen-bond donors (Lipinski definition) is 5. The number of nitrogens with one attached hydrogen (secondary N) is 5. The average molecular weight is 870 g/mol. The van der Waals surface area contributed by atoms with Crippen molar-refractivity contribution in [2.45, 2.75) is 57.5 Å². The lowest BCUT2D eigenvalue weighted by Crippen LogP contribution is -2.54. The van der Waals surface area contributed by atoms with Gasteiger partial charge in [0.05, 0.1) is 22.2 Å². The maximum absolute atomic E-state index is 14.1. The number of imide groups is 2. The third kappa shape index (κ3) is 8.75. The third-order valence-corrected chi connectivity index (χ3v) is 12.3. The molecule has 330 valence electrons. The van der Waals surface area contributed by atoms with E-state index in [1.807, 2.05) is 49.4 Å². The maximum atomic E-state index is 14.1. The summed E-state index contributed by atoms with van der Waals surface area (Å²) in [6.45, 7) is 5.41. The number of piperazine rings is 1. The van der Waals surface area contributed by atoms with E-state index in [-0.39, 0.29) is 60.6 Å². The number of piperidine rings is 1. The van der Waals surface area contributed by atoms with E-state index < -0.39 is 29.7 Å². The number of nitrogens with zero attached hydrogens (tertiary/aromatic N) is 4. The fourth-order valence-corrected chi connectivity index (χ4v) is 9.04. The molecule has 6 amide bonds. The molecule has 3 saturated heterocycles. The van der Waals surface area contributed by atoms with Crippen molar-refractivity contribution in [1.29, 1.82) is 0 Å². The summed E-state index contributed by atoms with van der Waals surface area (Å²) in [5, 5.41) is 20.2. The molecule has 1 aromatic heterocycles. The number of H-pyrrole nitrogens is 1. The SMILES string of the molecule is Cc1cc(F)cc(Cc2ccc3[nH]nc(NC(=O)c4ccc(N5CCN(C(=O)CCNc6cccc7c6C(=O)N(C6CCC(=O)NC6=O)C7=O)CC5)cc4NC4CCOCC4)c3c2)c1. The molecule has 0 bridgehead atoms. The van der Waals surface area contributed by atoms with Gasteiger partial charge in [-0.3, -0.25) is 44.1 Å². The summed E-state index contributed by atoms with van der Waals surface area (Å²) in [5.41, 5.74) is 6.16. The number of aryl methyl sites for hydroxylation is 1. The van der Waals surface area contributed by atoms with Crippen LogP contribution >= 0.6 is 0 Å². The molecule has 64 heavy (non-hydrogen) atoms. The maximum Gasteiger partial charge on any atom is 0.264 e. The molecule has 4 aromatic carbocycles.